The fraction of sp³-hybridized carbons (Fsp3) is 0.875. The molecule has 0 spiro atoms. The number of alkyl carbamates (subject to hydrolysis) is 1. The highest BCUT2D eigenvalue weighted by atomic mass is 16.6. The lowest BCUT2D eigenvalue weighted by atomic mass is 9.80. The van der Waals surface area contributed by atoms with Crippen LogP contribution in [0, 0.1) is 17.8 Å². The lowest BCUT2D eigenvalue weighted by Gasteiger charge is -2.30. The molecule has 0 saturated heterocycles. The van der Waals surface area contributed by atoms with Gasteiger partial charge in [-0.05, 0) is 49.9 Å². The number of nitrogens with one attached hydrogen (secondary N) is 1. The second-order valence-electron chi connectivity index (χ2n) is 6.85. The first-order valence-electron chi connectivity index (χ1n) is 7.99. The van der Waals surface area contributed by atoms with Crippen LogP contribution in [0.2, 0.25) is 0 Å². The van der Waals surface area contributed by atoms with E-state index in [0.717, 1.165) is 25.7 Å². The summed E-state index contributed by atoms with van der Waals surface area (Å²) in [7, 11) is 0. The highest BCUT2D eigenvalue weighted by Gasteiger charge is 2.27. The number of aliphatic carboxylic acids is 1. The molecule has 0 unspecified atom stereocenters. The molecule has 1 rings (SSSR count). The zero-order valence-corrected chi connectivity index (χ0v) is 13.6. The van der Waals surface area contributed by atoms with Gasteiger partial charge < -0.3 is 15.2 Å². The predicted octanol–water partition coefficient (Wildman–Crippen LogP) is 3.43. The maximum absolute atomic E-state index is 11.8. The van der Waals surface area contributed by atoms with Crippen LogP contribution >= 0.6 is 0 Å². The molecule has 0 radical (unpaired) electrons. The molecule has 0 heterocycles. The van der Waals surface area contributed by atoms with Crippen molar-refractivity contribution in [2.24, 2.45) is 17.8 Å². The standard InChI is InChI=1S/C16H29NO4/c1-10(2)9-14(15(18)19)17-16(20)21-13-7-5-12(6-8-13)11(3)4/h10-14H,5-9H2,1-4H3,(H,17,20)(H,18,19)/t12?,13?,14-/m0/s1. The summed E-state index contributed by atoms with van der Waals surface area (Å²) < 4.78 is 5.37. The maximum atomic E-state index is 11.8. The quantitative estimate of drug-likeness (QED) is 0.788. The number of carboxylic acid groups (broad SMARTS) is 1. The number of carboxylic acids is 1. The Kier molecular flexibility index (Phi) is 6.99. The van der Waals surface area contributed by atoms with Gasteiger partial charge >= 0.3 is 12.1 Å². The average Bonchev–Trinajstić information content (AvgIpc) is 2.37. The smallest absolute Gasteiger partial charge is 0.408 e. The molecular formula is C16H29NO4. The third kappa shape index (κ3) is 6.36. The molecular weight excluding hydrogens is 270 g/mol. The topological polar surface area (TPSA) is 75.6 Å². The van der Waals surface area contributed by atoms with Gasteiger partial charge in [0.15, 0.2) is 0 Å². The summed E-state index contributed by atoms with van der Waals surface area (Å²) >= 11 is 0. The molecule has 21 heavy (non-hydrogen) atoms. The van der Waals surface area contributed by atoms with Crippen molar-refractivity contribution in [2.45, 2.75) is 71.9 Å². The average molecular weight is 299 g/mol. The van der Waals surface area contributed by atoms with Crippen LogP contribution in [0.15, 0.2) is 0 Å². The molecule has 5 heteroatoms. The van der Waals surface area contributed by atoms with E-state index in [2.05, 4.69) is 19.2 Å². The first kappa shape index (κ1) is 17.8. The van der Waals surface area contributed by atoms with Crippen LogP contribution in [-0.4, -0.2) is 29.3 Å². The van der Waals surface area contributed by atoms with E-state index in [4.69, 9.17) is 9.84 Å². The number of ether oxygens (including phenoxy) is 1. The van der Waals surface area contributed by atoms with Crippen molar-refractivity contribution in [3.05, 3.63) is 0 Å². The van der Waals surface area contributed by atoms with Gasteiger partial charge in [0.2, 0.25) is 0 Å². The first-order valence-corrected chi connectivity index (χ1v) is 7.99. The summed E-state index contributed by atoms with van der Waals surface area (Å²) in [5.74, 6) is 0.569. The molecule has 1 aliphatic rings. The van der Waals surface area contributed by atoms with E-state index < -0.39 is 18.1 Å². The van der Waals surface area contributed by atoms with Crippen LogP contribution in [0.4, 0.5) is 4.79 Å². The molecule has 0 aliphatic heterocycles. The minimum absolute atomic E-state index is 0.0755. The van der Waals surface area contributed by atoms with Crippen molar-refractivity contribution in [1.82, 2.24) is 5.32 Å². The van der Waals surface area contributed by atoms with E-state index in [1.165, 1.54) is 0 Å². The summed E-state index contributed by atoms with van der Waals surface area (Å²) in [6, 6.07) is -0.871. The van der Waals surface area contributed by atoms with Gasteiger partial charge in [-0.2, -0.15) is 0 Å². The van der Waals surface area contributed by atoms with Gasteiger partial charge in [-0.3, -0.25) is 0 Å². The Morgan fingerprint density at radius 2 is 1.71 bits per heavy atom. The fourth-order valence-electron chi connectivity index (χ4n) is 2.89. The number of carbonyl (C=O) groups excluding carboxylic acids is 1. The minimum atomic E-state index is -1.01. The van der Waals surface area contributed by atoms with E-state index in [1.807, 2.05) is 13.8 Å². The fourth-order valence-corrected chi connectivity index (χ4v) is 2.89. The normalized spacial score (nSPS) is 23.9. The number of rotatable bonds is 6. The molecule has 122 valence electrons. The van der Waals surface area contributed by atoms with Crippen LogP contribution in [0.25, 0.3) is 0 Å². The maximum Gasteiger partial charge on any atom is 0.408 e. The number of hydrogen-bond acceptors (Lipinski definition) is 3. The van der Waals surface area contributed by atoms with Gasteiger partial charge in [-0.1, -0.05) is 27.7 Å². The lowest BCUT2D eigenvalue weighted by molar-refractivity contribution is -0.139. The van der Waals surface area contributed by atoms with Gasteiger partial charge in [0.25, 0.3) is 0 Å². The summed E-state index contributed by atoms with van der Waals surface area (Å²) in [5, 5.41) is 11.6. The highest BCUT2D eigenvalue weighted by molar-refractivity contribution is 5.79. The van der Waals surface area contributed by atoms with Crippen molar-refractivity contribution < 1.29 is 19.4 Å². The summed E-state index contributed by atoms with van der Waals surface area (Å²) in [6.45, 7) is 8.30. The van der Waals surface area contributed by atoms with Crippen molar-refractivity contribution >= 4 is 12.1 Å². The minimum Gasteiger partial charge on any atom is -0.480 e. The van der Waals surface area contributed by atoms with E-state index in [0.29, 0.717) is 18.3 Å². The first-order chi connectivity index (χ1) is 9.79. The van der Waals surface area contributed by atoms with Crippen molar-refractivity contribution in [3.63, 3.8) is 0 Å². The van der Waals surface area contributed by atoms with Crippen LogP contribution in [0.3, 0.4) is 0 Å². The number of carbonyl (C=O) groups is 2. The predicted molar refractivity (Wildman–Crippen MR) is 81.1 cm³/mol. The van der Waals surface area contributed by atoms with Crippen molar-refractivity contribution in [2.75, 3.05) is 0 Å². The molecule has 1 aliphatic carbocycles. The molecule has 0 aromatic heterocycles. The molecule has 0 bridgehead atoms. The van der Waals surface area contributed by atoms with Gasteiger partial charge in [-0.15, -0.1) is 0 Å². The lowest BCUT2D eigenvalue weighted by Crippen LogP contribution is -2.43. The third-order valence-corrected chi connectivity index (χ3v) is 4.23. The van der Waals surface area contributed by atoms with Gasteiger partial charge in [-0.25, -0.2) is 9.59 Å². The van der Waals surface area contributed by atoms with Gasteiger partial charge in [0, 0.05) is 0 Å². The molecule has 5 nitrogen and oxygen atoms in total. The largest absolute Gasteiger partial charge is 0.480 e. The summed E-state index contributed by atoms with van der Waals surface area (Å²) in [5.41, 5.74) is 0. The molecule has 1 atom stereocenters. The Labute approximate surface area is 127 Å². The zero-order valence-electron chi connectivity index (χ0n) is 13.6. The summed E-state index contributed by atoms with van der Waals surface area (Å²) in [4.78, 5) is 22.9. The molecule has 0 aromatic rings. The molecule has 0 aromatic carbocycles. The monoisotopic (exact) mass is 299 g/mol. The Hall–Kier alpha value is -1.26. The number of amides is 1. The van der Waals surface area contributed by atoms with Gasteiger partial charge in [0.05, 0.1) is 0 Å². The SMILES string of the molecule is CC(C)C[C@H](NC(=O)OC1CCC(C(C)C)CC1)C(=O)O. The Morgan fingerprint density at radius 3 is 2.14 bits per heavy atom. The second-order valence-corrected chi connectivity index (χ2v) is 6.85. The number of hydrogen-bond donors (Lipinski definition) is 2. The Bertz CT molecular complexity index is 346. The third-order valence-electron chi connectivity index (χ3n) is 4.23. The van der Waals surface area contributed by atoms with E-state index >= 15 is 0 Å². The highest BCUT2D eigenvalue weighted by Crippen LogP contribution is 2.31. The van der Waals surface area contributed by atoms with Crippen LogP contribution in [0.5, 0.6) is 0 Å². The van der Waals surface area contributed by atoms with E-state index in [9.17, 15) is 9.59 Å². The molecule has 1 amide bonds. The second kappa shape index (κ2) is 8.25. The van der Waals surface area contributed by atoms with Crippen LogP contribution < -0.4 is 5.32 Å². The van der Waals surface area contributed by atoms with Crippen LogP contribution in [-0.2, 0) is 9.53 Å². The molecule has 1 saturated carbocycles. The van der Waals surface area contributed by atoms with Crippen molar-refractivity contribution in [3.8, 4) is 0 Å². The van der Waals surface area contributed by atoms with Gasteiger partial charge in [0.1, 0.15) is 12.1 Å². The Morgan fingerprint density at radius 1 is 1.14 bits per heavy atom. The summed E-state index contributed by atoms with van der Waals surface area (Å²) in [6.07, 6.45) is 3.62. The van der Waals surface area contributed by atoms with Crippen molar-refractivity contribution in [1.29, 1.82) is 0 Å². The Balaban J connectivity index is 2.38. The van der Waals surface area contributed by atoms with Crippen LogP contribution in [0.1, 0.15) is 59.8 Å². The van der Waals surface area contributed by atoms with E-state index in [1.54, 1.807) is 0 Å². The van der Waals surface area contributed by atoms with E-state index in [-0.39, 0.29) is 12.0 Å². The molecule has 2 N–H and O–H groups in total. The molecule has 1 fully saturated rings. The zero-order chi connectivity index (χ0) is 16.0.